The van der Waals surface area contributed by atoms with Crippen LogP contribution in [0.25, 0.3) is 0 Å². The number of H-pyrrole nitrogens is 1. The molecule has 0 fully saturated rings. The first-order valence-corrected chi connectivity index (χ1v) is 5.03. The Morgan fingerprint density at radius 1 is 1.53 bits per heavy atom. The number of aryl methyl sites for hydroxylation is 1. The van der Waals surface area contributed by atoms with Crippen LogP contribution in [0.2, 0.25) is 0 Å². The van der Waals surface area contributed by atoms with E-state index in [9.17, 15) is 14.9 Å². The number of nitrogens with zero attached hydrogens (tertiary/aromatic N) is 4. The summed E-state index contributed by atoms with van der Waals surface area (Å²) in [6, 6.07) is 2.59. The maximum Gasteiger partial charge on any atom is 0.433 e. The summed E-state index contributed by atoms with van der Waals surface area (Å²) < 4.78 is 4.83. The lowest BCUT2D eigenvalue weighted by atomic mass is 10.5. The van der Waals surface area contributed by atoms with Crippen molar-refractivity contribution < 1.29 is 9.34 Å². The van der Waals surface area contributed by atoms with Crippen LogP contribution in [0.4, 0.5) is 11.8 Å². The second-order valence-electron chi connectivity index (χ2n) is 3.39. The summed E-state index contributed by atoms with van der Waals surface area (Å²) in [7, 11) is 0. The van der Waals surface area contributed by atoms with Gasteiger partial charge in [0.1, 0.15) is 10.6 Å². The van der Waals surface area contributed by atoms with Crippen molar-refractivity contribution in [3.63, 3.8) is 0 Å². The molecule has 0 aliphatic carbocycles. The molecule has 2 aromatic heterocycles. The van der Waals surface area contributed by atoms with E-state index in [1.54, 1.807) is 0 Å². The van der Waals surface area contributed by atoms with Crippen LogP contribution in [-0.2, 0) is 0 Å². The summed E-state index contributed by atoms with van der Waals surface area (Å²) in [5.74, 6) is -0.153. The van der Waals surface area contributed by atoms with Crippen molar-refractivity contribution in [2.24, 2.45) is 5.10 Å². The smallest absolute Gasteiger partial charge is 0.400 e. The molecule has 0 amide bonds. The molecule has 0 bridgehead atoms. The van der Waals surface area contributed by atoms with Crippen LogP contribution in [0.3, 0.4) is 0 Å². The highest BCUT2D eigenvalue weighted by atomic mass is 16.6. The monoisotopic (exact) mass is 264 g/mol. The van der Waals surface area contributed by atoms with E-state index in [1.807, 2.05) is 0 Å². The standard InChI is InChI=1S/C9H8N6O4/c1-5-8(16)11-9(14-12-5)13-10-4-6-2-3-7(19-6)15(17)18/h2-4H,1H3,(H2,11,13,14,16). The molecule has 0 spiro atoms. The second kappa shape index (κ2) is 5.08. The van der Waals surface area contributed by atoms with Crippen LogP contribution >= 0.6 is 0 Å². The summed E-state index contributed by atoms with van der Waals surface area (Å²) in [4.78, 5) is 23.3. The number of aromatic nitrogens is 3. The maximum absolute atomic E-state index is 11.2. The molecule has 0 aromatic carbocycles. The zero-order valence-corrected chi connectivity index (χ0v) is 9.65. The molecule has 0 atom stereocenters. The van der Waals surface area contributed by atoms with Crippen molar-refractivity contribution in [3.05, 3.63) is 44.1 Å². The lowest BCUT2D eigenvalue weighted by Crippen LogP contribution is -2.15. The van der Waals surface area contributed by atoms with Crippen LogP contribution in [0, 0.1) is 17.0 Å². The van der Waals surface area contributed by atoms with Gasteiger partial charge >= 0.3 is 5.88 Å². The van der Waals surface area contributed by atoms with Gasteiger partial charge in [-0.25, -0.2) is 5.43 Å². The number of furan rings is 1. The van der Waals surface area contributed by atoms with E-state index in [2.05, 4.69) is 25.7 Å². The van der Waals surface area contributed by atoms with E-state index in [-0.39, 0.29) is 28.8 Å². The quantitative estimate of drug-likeness (QED) is 0.463. The normalized spacial score (nSPS) is 10.8. The number of rotatable bonds is 4. The molecule has 0 unspecified atom stereocenters. The summed E-state index contributed by atoms with van der Waals surface area (Å²) in [5, 5.41) is 21.3. The Kier molecular flexibility index (Phi) is 3.32. The minimum Gasteiger partial charge on any atom is -0.400 e. The summed E-state index contributed by atoms with van der Waals surface area (Å²) in [5.41, 5.74) is 2.26. The fourth-order valence-corrected chi connectivity index (χ4v) is 1.11. The van der Waals surface area contributed by atoms with Gasteiger partial charge in [-0.2, -0.15) is 5.10 Å². The first-order valence-electron chi connectivity index (χ1n) is 5.03. The highest BCUT2D eigenvalue weighted by Gasteiger charge is 2.10. The van der Waals surface area contributed by atoms with Crippen molar-refractivity contribution in [3.8, 4) is 0 Å². The molecule has 10 nitrogen and oxygen atoms in total. The minimum absolute atomic E-state index is 0.0490. The lowest BCUT2D eigenvalue weighted by Gasteiger charge is -1.96. The van der Waals surface area contributed by atoms with Crippen molar-refractivity contribution in [2.75, 3.05) is 5.43 Å². The Morgan fingerprint density at radius 2 is 2.32 bits per heavy atom. The Bertz CT molecular complexity index is 688. The number of hydrogen-bond donors (Lipinski definition) is 2. The van der Waals surface area contributed by atoms with Gasteiger partial charge in [0.25, 0.3) is 5.56 Å². The highest BCUT2D eigenvalue weighted by Crippen LogP contribution is 2.13. The predicted octanol–water partition coefficient (Wildman–Crippen LogP) is 0.421. The van der Waals surface area contributed by atoms with E-state index in [0.717, 1.165) is 0 Å². The molecule has 19 heavy (non-hydrogen) atoms. The third kappa shape index (κ3) is 3.00. The van der Waals surface area contributed by atoms with Gasteiger partial charge in [-0.3, -0.25) is 19.9 Å². The fourth-order valence-electron chi connectivity index (χ4n) is 1.11. The second-order valence-corrected chi connectivity index (χ2v) is 3.39. The molecule has 0 saturated heterocycles. The Labute approximate surface area is 105 Å². The predicted molar refractivity (Wildman–Crippen MR) is 64.0 cm³/mol. The first-order chi connectivity index (χ1) is 9.06. The molecule has 0 aliphatic rings. The van der Waals surface area contributed by atoms with Gasteiger partial charge < -0.3 is 4.42 Å². The zero-order chi connectivity index (χ0) is 13.8. The molecular formula is C9H8N6O4. The minimum atomic E-state index is -0.659. The SMILES string of the molecule is Cc1nnc(NN=Cc2ccc([N+](=O)[O-])o2)[nH]c1=O. The summed E-state index contributed by atoms with van der Waals surface area (Å²) >= 11 is 0. The maximum atomic E-state index is 11.2. The van der Waals surface area contributed by atoms with E-state index in [0.29, 0.717) is 0 Å². The molecule has 2 heterocycles. The molecule has 2 aromatic rings. The Morgan fingerprint density at radius 3 is 2.95 bits per heavy atom. The van der Waals surface area contributed by atoms with E-state index in [1.165, 1.54) is 25.3 Å². The van der Waals surface area contributed by atoms with Crippen molar-refractivity contribution in [1.82, 2.24) is 15.2 Å². The zero-order valence-electron chi connectivity index (χ0n) is 9.65. The van der Waals surface area contributed by atoms with Gasteiger partial charge in [0, 0.05) is 0 Å². The van der Waals surface area contributed by atoms with Crippen LogP contribution in [0.5, 0.6) is 0 Å². The number of aromatic amines is 1. The molecule has 98 valence electrons. The third-order valence-corrected chi connectivity index (χ3v) is 2.02. The van der Waals surface area contributed by atoms with Gasteiger partial charge in [-0.1, -0.05) is 0 Å². The van der Waals surface area contributed by atoms with Crippen molar-refractivity contribution in [2.45, 2.75) is 6.92 Å². The largest absolute Gasteiger partial charge is 0.433 e. The Balaban J connectivity index is 2.04. The molecule has 10 heteroatoms. The van der Waals surface area contributed by atoms with Crippen molar-refractivity contribution >= 4 is 18.0 Å². The molecule has 2 N–H and O–H groups in total. The van der Waals surface area contributed by atoms with Crippen LogP contribution < -0.4 is 11.0 Å². The van der Waals surface area contributed by atoms with E-state index < -0.39 is 4.92 Å². The number of hydrazone groups is 1. The fraction of sp³-hybridized carbons (Fsp3) is 0.111. The van der Waals surface area contributed by atoms with Gasteiger partial charge in [-0.15, -0.1) is 10.2 Å². The number of nitro groups is 1. The molecule has 2 rings (SSSR count). The molecule has 0 aliphatic heterocycles. The molecule has 0 radical (unpaired) electrons. The molecular weight excluding hydrogens is 256 g/mol. The van der Waals surface area contributed by atoms with Crippen LogP contribution in [0.1, 0.15) is 11.5 Å². The van der Waals surface area contributed by atoms with Crippen LogP contribution in [0.15, 0.2) is 26.4 Å². The number of nitrogens with one attached hydrogen (secondary N) is 2. The first kappa shape index (κ1) is 12.4. The van der Waals surface area contributed by atoms with Gasteiger partial charge in [-0.05, 0) is 13.0 Å². The topological polar surface area (TPSA) is 139 Å². The van der Waals surface area contributed by atoms with Gasteiger partial charge in [0.15, 0.2) is 5.76 Å². The average molecular weight is 264 g/mol. The van der Waals surface area contributed by atoms with Gasteiger partial charge in [0.05, 0.1) is 12.3 Å². The van der Waals surface area contributed by atoms with E-state index >= 15 is 0 Å². The average Bonchev–Trinajstić information content (AvgIpc) is 2.83. The van der Waals surface area contributed by atoms with Crippen molar-refractivity contribution in [1.29, 1.82) is 0 Å². The number of anilines is 1. The van der Waals surface area contributed by atoms with Crippen LogP contribution in [-0.4, -0.2) is 26.3 Å². The summed E-state index contributed by atoms with van der Waals surface area (Å²) in [6.45, 7) is 1.51. The molecule has 0 saturated carbocycles. The van der Waals surface area contributed by atoms with Gasteiger partial charge in [0.2, 0.25) is 5.95 Å². The number of hydrogen-bond acceptors (Lipinski definition) is 8. The summed E-state index contributed by atoms with van der Waals surface area (Å²) in [6.07, 6.45) is 1.20. The van der Waals surface area contributed by atoms with E-state index in [4.69, 9.17) is 4.42 Å². The Hall–Kier alpha value is -3.04. The highest BCUT2D eigenvalue weighted by molar-refractivity contribution is 5.76. The third-order valence-electron chi connectivity index (χ3n) is 2.02. The lowest BCUT2D eigenvalue weighted by molar-refractivity contribution is -0.402.